The van der Waals surface area contributed by atoms with Crippen molar-refractivity contribution in [3.63, 3.8) is 0 Å². The van der Waals surface area contributed by atoms with Gasteiger partial charge >= 0.3 is 0 Å². The summed E-state index contributed by atoms with van der Waals surface area (Å²) in [6.45, 7) is 4.53. The van der Waals surface area contributed by atoms with E-state index in [2.05, 4.69) is 21.2 Å². The zero-order valence-electron chi connectivity index (χ0n) is 9.71. The van der Waals surface area contributed by atoms with E-state index in [9.17, 15) is 4.79 Å². The topological polar surface area (TPSA) is 38.3 Å². The first-order valence-corrected chi connectivity index (χ1v) is 5.84. The molecule has 0 aliphatic rings. The van der Waals surface area contributed by atoms with Gasteiger partial charge in [-0.3, -0.25) is 4.79 Å². The van der Waals surface area contributed by atoms with Crippen molar-refractivity contribution in [1.82, 2.24) is 5.32 Å². The lowest BCUT2D eigenvalue weighted by atomic mass is 9.96. The summed E-state index contributed by atoms with van der Waals surface area (Å²) in [5.41, 5.74) is 3.41. The van der Waals surface area contributed by atoms with Crippen LogP contribution in [0.25, 0.3) is 0 Å². The summed E-state index contributed by atoms with van der Waals surface area (Å²) in [6.07, 6.45) is 0.713. The van der Waals surface area contributed by atoms with Gasteiger partial charge in [0.05, 0.1) is 12.6 Å². The summed E-state index contributed by atoms with van der Waals surface area (Å²) in [4.78, 5) is 10.6. The molecule has 1 unspecified atom stereocenters. The molecule has 1 aromatic rings. The average Bonchev–Trinajstić information content (AvgIpc) is 2.16. The first-order chi connectivity index (χ1) is 7.60. The Bertz CT molecular complexity index is 356. The summed E-state index contributed by atoms with van der Waals surface area (Å²) in [5, 5.41) is 2.78. The van der Waals surface area contributed by atoms with Gasteiger partial charge in [-0.25, -0.2) is 0 Å². The molecular formula is C12H16BrNO2. The van der Waals surface area contributed by atoms with E-state index in [1.807, 2.05) is 26.0 Å². The molecule has 4 heteroatoms. The Balaban J connectivity index is 3.12. The van der Waals surface area contributed by atoms with Crippen molar-refractivity contribution in [3.05, 3.63) is 33.3 Å². The quantitative estimate of drug-likeness (QED) is 0.845. The smallest absolute Gasteiger partial charge is 0.207 e. The molecule has 0 spiro atoms. The van der Waals surface area contributed by atoms with Crippen LogP contribution in [-0.4, -0.2) is 20.1 Å². The molecule has 0 heterocycles. The van der Waals surface area contributed by atoms with Gasteiger partial charge in [0.25, 0.3) is 0 Å². The van der Waals surface area contributed by atoms with Crippen molar-refractivity contribution in [2.24, 2.45) is 0 Å². The maximum atomic E-state index is 10.6. The van der Waals surface area contributed by atoms with E-state index in [-0.39, 0.29) is 6.04 Å². The third kappa shape index (κ3) is 3.06. The standard InChI is InChI=1S/C12H16BrNO2/c1-8-4-10(13)5-9(2)12(8)11(6-16-3)14-7-15/h4-5,7,11H,6H2,1-3H3,(H,14,15). The van der Waals surface area contributed by atoms with Crippen molar-refractivity contribution < 1.29 is 9.53 Å². The molecule has 16 heavy (non-hydrogen) atoms. The third-order valence-corrected chi connectivity index (χ3v) is 2.97. The maximum Gasteiger partial charge on any atom is 0.207 e. The van der Waals surface area contributed by atoms with Crippen LogP contribution in [0.5, 0.6) is 0 Å². The highest BCUT2D eigenvalue weighted by Crippen LogP contribution is 2.26. The van der Waals surface area contributed by atoms with E-state index in [4.69, 9.17) is 4.74 Å². The average molecular weight is 286 g/mol. The predicted molar refractivity (Wildman–Crippen MR) is 67.4 cm³/mol. The van der Waals surface area contributed by atoms with Crippen molar-refractivity contribution in [2.75, 3.05) is 13.7 Å². The van der Waals surface area contributed by atoms with Crippen LogP contribution in [0.15, 0.2) is 16.6 Å². The van der Waals surface area contributed by atoms with Gasteiger partial charge in [0, 0.05) is 11.6 Å². The molecular weight excluding hydrogens is 270 g/mol. The first-order valence-electron chi connectivity index (χ1n) is 5.05. The lowest BCUT2D eigenvalue weighted by Gasteiger charge is -2.20. The Morgan fingerprint density at radius 1 is 1.44 bits per heavy atom. The summed E-state index contributed by atoms with van der Waals surface area (Å²) < 4.78 is 6.17. The number of hydrogen-bond acceptors (Lipinski definition) is 2. The predicted octanol–water partition coefficient (Wildman–Crippen LogP) is 2.50. The Kier molecular flexibility index (Phi) is 4.96. The van der Waals surface area contributed by atoms with Gasteiger partial charge in [-0.2, -0.15) is 0 Å². The van der Waals surface area contributed by atoms with Gasteiger partial charge < -0.3 is 10.1 Å². The van der Waals surface area contributed by atoms with Crippen molar-refractivity contribution in [1.29, 1.82) is 0 Å². The molecule has 0 aliphatic carbocycles. The van der Waals surface area contributed by atoms with Gasteiger partial charge in [0.1, 0.15) is 0 Å². The first kappa shape index (κ1) is 13.2. The number of benzene rings is 1. The monoisotopic (exact) mass is 285 g/mol. The molecule has 1 amide bonds. The number of carbonyl (C=O) groups excluding carboxylic acids is 1. The van der Waals surface area contributed by atoms with Crippen molar-refractivity contribution in [3.8, 4) is 0 Å². The van der Waals surface area contributed by atoms with Crippen LogP contribution in [0, 0.1) is 13.8 Å². The van der Waals surface area contributed by atoms with Crippen LogP contribution >= 0.6 is 15.9 Å². The molecule has 1 N–H and O–H groups in total. The number of halogens is 1. The highest BCUT2D eigenvalue weighted by atomic mass is 79.9. The number of nitrogens with one attached hydrogen (secondary N) is 1. The van der Waals surface area contributed by atoms with Crippen LogP contribution in [0.3, 0.4) is 0 Å². The number of rotatable bonds is 5. The number of aryl methyl sites for hydroxylation is 2. The van der Waals surface area contributed by atoms with Gasteiger partial charge in [-0.05, 0) is 42.7 Å². The lowest BCUT2D eigenvalue weighted by molar-refractivity contribution is -0.110. The van der Waals surface area contributed by atoms with Gasteiger partial charge in [0.15, 0.2) is 0 Å². The minimum atomic E-state index is -0.0874. The van der Waals surface area contributed by atoms with Crippen LogP contribution in [-0.2, 0) is 9.53 Å². The molecule has 0 saturated carbocycles. The molecule has 0 bridgehead atoms. The van der Waals surface area contributed by atoms with Crippen LogP contribution in [0.4, 0.5) is 0 Å². The fraction of sp³-hybridized carbons (Fsp3) is 0.417. The maximum absolute atomic E-state index is 10.6. The van der Waals surface area contributed by atoms with Crippen LogP contribution < -0.4 is 5.32 Å². The number of hydrogen-bond donors (Lipinski definition) is 1. The fourth-order valence-corrected chi connectivity index (χ4v) is 2.62. The fourth-order valence-electron chi connectivity index (χ4n) is 1.94. The SMILES string of the molecule is COCC(NC=O)c1c(C)cc(Br)cc1C. The van der Waals surface area contributed by atoms with Crippen LogP contribution in [0.1, 0.15) is 22.7 Å². The molecule has 0 saturated heterocycles. The minimum absolute atomic E-state index is 0.0874. The van der Waals surface area contributed by atoms with E-state index in [1.54, 1.807) is 7.11 Å². The molecule has 0 fully saturated rings. The second-order valence-corrected chi connectivity index (χ2v) is 4.66. The second kappa shape index (κ2) is 6.01. The van der Waals surface area contributed by atoms with Crippen molar-refractivity contribution in [2.45, 2.75) is 19.9 Å². The molecule has 3 nitrogen and oxygen atoms in total. The molecule has 88 valence electrons. The van der Waals surface area contributed by atoms with E-state index >= 15 is 0 Å². The van der Waals surface area contributed by atoms with Gasteiger partial charge in [-0.15, -0.1) is 0 Å². The number of methoxy groups -OCH3 is 1. The zero-order valence-corrected chi connectivity index (χ0v) is 11.3. The van der Waals surface area contributed by atoms with Crippen molar-refractivity contribution >= 4 is 22.3 Å². The molecule has 0 aromatic heterocycles. The van der Waals surface area contributed by atoms with E-state index in [0.717, 1.165) is 21.2 Å². The third-order valence-electron chi connectivity index (χ3n) is 2.51. The Hall–Kier alpha value is -0.870. The van der Waals surface area contributed by atoms with Gasteiger partial charge in [0.2, 0.25) is 6.41 Å². The number of ether oxygens (including phenoxy) is 1. The van der Waals surface area contributed by atoms with E-state index in [0.29, 0.717) is 13.0 Å². The number of amides is 1. The lowest BCUT2D eigenvalue weighted by Crippen LogP contribution is -2.25. The largest absolute Gasteiger partial charge is 0.382 e. The highest BCUT2D eigenvalue weighted by Gasteiger charge is 2.15. The van der Waals surface area contributed by atoms with Crippen LogP contribution in [0.2, 0.25) is 0 Å². The summed E-state index contributed by atoms with van der Waals surface area (Å²) in [5.74, 6) is 0. The Morgan fingerprint density at radius 2 is 2.00 bits per heavy atom. The normalized spacial score (nSPS) is 12.2. The summed E-state index contributed by atoms with van der Waals surface area (Å²) in [6, 6.07) is 3.99. The molecule has 0 radical (unpaired) electrons. The molecule has 0 aliphatic heterocycles. The minimum Gasteiger partial charge on any atom is -0.382 e. The highest BCUT2D eigenvalue weighted by molar-refractivity contribution is 9.10. The zero-order chi connectivity index (χ0) is 12.1. The molecule has 1 rings (SSSR count). The summed E-state index contributed by atoms with van der Waals surface area (Å²) in [7, 11) is 1.63. The summed E-state index contributed by atoms with van der Waals surface area (Å²) >= 11 is 3.45. The van der Waals surface area contributed by atoms with Gasteiger partial charge in [-0.1, -0.05) is 15.9 Å². The van der Waals surface area contributed by atoms with E-state index in [1.165, 1.54) is 0 Å². The molecule has 1 aromatic carbocycles. The Morgan fingerprint density at radius 3 is 2.44 bits per heavy atom. The Labute approximate surface area is 104 Å². The molecule has 1 atom stereocenters. The number of carbonyl (C=O) groups is 1. The second-order valence-electron chi connectivity index (χ2n) is 3.75. The van der Waals surface area contributed by atoms with E-state index < -0.39 is 0 Å².